The summed E-state index contributed by atoms with van der Waals surface area (Å²) in [6, 6.07) is 14.3. The average molecular weight is 265 g/mol. The lowest BCUT2D eigenvalue weighted by Gasteiger charge is -2.04. The number of nitriles is 1. The van der Waals surface area contributed by atoms with Crippen LogP contribution in [0.3, 0.4) is 0 Å². The SMILES string of the molecule is Cc1nn(Cc2ccc(C#N)cc2)c2c(F)cccc12. The van der Waals surface area contributed by atoms with E-state index in [0.29, 0.717) is 17.6 Å². The third-order valence-electron chi connectivity index (χ3n) is 3.32. The van der Waals surface area contributed by atoms with Gasteiger partial charge in [-0.15, -0.1) is 0 Å². The second-order valence-corrected chi connectivity index (χ2v) is 4.69. The topological polar surface area (TPSA) is 41.6 Å². The number of aryl methyl sites for hydroxylation is 1. The molecule has 20 heavy (non-hydrogen) atoms. The van der Waals surface area contributed by atoms with Gasteiger partial charge >= 0.3 is 0 Å². The predicted molar refractivity (Wildman–Crippen MR) is 74.7 cm³/mol. The Morgan fingerprint density at radius 1 is 1.20 bits per heavy atom. The number of para-hydroxylation sites is 1. The molecular formula is C16H12FN3. The lowest BCUT2D eigenvalue weighted by atomic mass is 10.1. The molecule has 0 aliphatic rings. The molecule has 3 rings (SSSR count). The summed E-state index contributed by atoms with van der Waals surface area (Å²) in [6.07, 6.45) is 0. The normalized spacial score (nSPS) is 10.7. The van der Waals surface area contributed by atoms with Gasteiger partial charge in [0.05, 0.1) is 23.9 Å². The van der Waals surface area contributed by atoms with E-state index in [1.54, 1.807) is 22.9 Å². The van der Waals surface area contributed by atoms with E-state index in [2.05, 4.69) is 11.2 Å². The monoisotopic (exact) mass is 265 g/mol. The summed E-state index contributed by atoms with van der Waals surface area (Å²) in [5.41, 5.74) is 2.93. The highest BCUT2D eigenvalue weighted by Crippen LogP contribution is 2.21. The van der Waals surface area contributed by atoms with Gasteiger partial charge in [-0.3, -0.25) is 4.68 Å². The minimum absolute atomic E-state index is 0.267. The predicted octanol–water partition coefficient (Wildman–Crippen LogP) is 3.40. The van der Waals surface area contributed by atoms with Crippen LogP contribution in [0.1, 0.15) is 16.8 Å². The highest BCUT2D eigenvalue weighted by Gasteiger charge is 2.11. The number of aromatic nitrogens is 2. The maximum atomic E-state index is 14.0. The Balaban J connectivity index is 2.04. The van der Waals surface area contributed by atoms with E-state index < -0.39 is 0 Å². The smallest absolute Gasteiger partial charge is 0.149 e. The van der Waals surface area contributed by atoms with Gasteiger partial charge in [-0.05, 0) is 30.7 Å². The van der Waals surface area contributed by atoms with E-state index in [-0.39, 0.29) is 5.82 Å². The maximum Gasteiger partial charge on any atom is 0.149 e. The zero-order valence-corrected chi connectivity index (χ0v) is 11.0. The van der Waals surface area contributed by atoms with Crippen molar-refractivity contribution < 1.29 is 4.39 Å². The Bertz CT molecular complexity index is 810. The van der Waals surface area contributed by atoms with Crippen LogP contribution >= 0.6 is 0 Å². The van der Waals surface area contributed by atoms with E-state index in [4.69, 9.17) is 5.26 Å². The molecule has 0 fully saturated rings. The fourth-order valence-electron chi connectivity index (χ4n) is 2.33. The average Bonchev–Trinajstić information content (AvgIpc) is 2.78. The maximum absolute atomic E-state index is 14.0. The van der Waals surface area contributed by atoms with Crippen molar-refractivity contribution in [1.29, 1.82) is 5.26 Å². The van der Waals surface area contributed by atoms with Gasteiger partial charge in [0.1, 0.15) is 11.3 Å². The zero-order valence-electron chi connectivity index (χ0n) is 11.0. The van der Waals surface area contributed by atoms with E-state index in [9.17, 15) is 4.39 Å². The fraction of sp³-hybridized carbons (Fsp3) is 0.125. The number of benzene rings is 2. The number of hydrogen-bond acceptors (Lipinski definition) is 2. The van der Waals surface area contributed by atoms with Crippen LogP contribution in [0.4, 0.5) is 4.39 Å². The van der Waals surface area contributed by atoms with Crippen molar-refractivity contribution >= 4 is 10.9 Å². The van der Waals surface area contributed by atoms with Gasteiger partial charge in [0, 0.05) is 5.39 Å². The molecule has 0 atom stereocenters. The molecule has 0 aliphatic carbocycles. The summed E-state index contributed by atoms with van der Waals surface area (Å²) in [6.45, 7) is 2.36. The van der Waals surface area contributed by atoms with Crippen LogP contribution in [0.5, 0.6) is 0 Å². The minimum atomic E-state index is -0.267. The molecule has 3 nitrogen and oxygen atoms in total. The summed E-state index contributed by atoms with van der Waals surface area (Å²) < 4.78 is 15.6. The van der Waals surface area contributed by atoms with Crippen LogP contribution in [0.25, 0.3) is 10.9 Å². The number of hydrogen-bond donors (Lipinski definition) is 0. The Kier molecular flexibility index (Phi) is 2.96. The summed E-state index contributed by atoms with van der Waals surface area (Å²) in [7, 11) is 0. The van der Waals surface area contributed by atoms with Gasteiger partial charge < -0.3 is 0 Å². The second kappa shape index (κ2) is 4.78. The number of fused-ring (bicyclic) bond motifs is 1. The van der Waals surface area contributed by atoms with E-state index in [0.717, 1.165) is 16.6 Å². The molecular weight excluding hydrogens is 253 g/mol. The molecule has 3 aromatic rings. The van der Waals surface area contributed by atoms with Gasteiger partial charge in [0.25, 0.3) is 0 Å². The molecule has 0 aliphatic heterocycles. The Labute approximate surface area is 115 Å². The molecule has 0 saturated heterocycles. The van der Waals surface area contributed by atoms with Crippen molar-refractivity contribution in [3.05, 3.63) is 65.1 Å². The molecule has 0 radical (unpaired) electrons. The van der Waals surface area contributed by atoms with Crippen LogP contribution in [0, 0.1) is 24.1 Å². The van der Waals surface area contributed by atoms with Crippen LogP contribution in [0.2, 0.25) is 0 Å². The van der Waals surface area contributed by atoms with Crippen molar-refractivity contribution in [3.8, 4) is 6.07 Å². The molecule has 2 aromatic carbocycles. The second-order valence-electron chi connectivity index (χ2n) is 4.69. The van der Waals surface area contributed by atoms with Crippen LogP contribution in [-0.4, -0.2) is 9.78 Å². The molecule has 98 valence electrons. The van der Waals surface area contributed by atoms with Crippen molar-refractivity contribution in [2.75, 3.05) is 0 Å². The summed E-state index contributed by atoms with van der Waals surface area (Å²) in [4.78, 5) is 0. The first-order valence-electron chi connectivity index (χ1n) is 6.29. The molecule has 0 bridgehead atoms. The molecule has 0 unspecified atom stereocenters. The summed E-state index contributed by atoms with van der Waals surface area (Å²) in [5, 5.41) is 14.0. The van der Waals surface area contributed by atoms with Gasteiger partial charge in [0.15, 0.2) is 0 Å². The molecule has 0 N–H and O–H groups in total. The zero-order chi connectivity index (χ0) is 14.1. The van der Waals surface area contributed by atoms with Crippen LogP contribution in [-0.2, 0) is 6.54 Å². The van der Waals surface area contributed by atoms with Gasteiger partial charge in [-0.2, -0.15) is 10.4 Å². The molecule has 1 heterocycles. The van der Waals surface area contributed by atoms with Crippen molar-refractivity contribution in [3.63, 3.8) is 0 Å². The van der Waals surface area contributed by atoms with E-state index in [1.807, 2.05) is 25.1 Å². The lowest BCUT2D eigenvalue weighted by molar-refractivity contribution is 0.615. The Morgan fingerprint density at radius 3 is 2.65 bits per heavy atom. The first-order valence-corrected chi connectivity index (χ1v) is 6.29. The molecule has 0 amide bonds. The third kappa shape index (κ3) is 2.04. The lowest BCUT2D eigenvalue weighted by Crippen LogP contribution is -2.03. The Morgan fingerprint density at radius 2 is 1.95 bits per heavy atom. The van der Waals surface area contributed by atoms with E-state index >= 15 is 0 Å². The van der Waals surface area contributed by atoms with E-state index in [1.165, 1.54) is 6.07 Å². The number of nitrogens with zero attached hydrogens (tertiary/aromatic N) is 3. The van der Waals surface area contributed by atoms with Gasteiger partial charge in [-0.25, -0.2) is 4.39 Å². The molecule has 1 aromatic heterocycles. The van der Waals surface area contributed by atoms with Crippen molar-refractivity contribution in [1.82, 2.24) is 9.78 Å². The van der Waals surface area contributed by atoms with Crippen LogP contribution in [0.15, 0.2) is 42.5 Å². The first kappa shape index (κ1) is 12.4. The van der Waals surface area contributed by atoms with Gasteiger partial charge in [-0.1, -0.05) is 24.3 Å². The number of rotatable bonds is 2. The quantitative estimate of drug-likeness (QED) is 0.712. The highest BCUT2D eigenvalue weighted by molar-refractivity contribution is 5.82. The molecule has 0 spiro atoms. The Hall–Kier alpha value is -2.67. The van der Waals surface area contributed by atoms with Gasteiger partial charge in [0.2, 0.25) is 0 Å². The largest absolute Gasteiger partial charge is 0.257 e. The molecule has 4 heteroatoms. The first-order chi connectivity index (χ1) is 9.69. The molecule has 0 saturated carbocycles. The summed E-state index contributed by atoms with van der Waals surface area (Å²) in [5.74, 6) is -0.267. The minimum Gasteiger partial charge on any atom is -0.257 e. The van der Waals surface area contributed by atoms with Crippen molar-refractivity contribution in [2.24, 2.45) is 0 Å². The number of halogens is 1. The highest BCUT2D eigenvalue weighted by atomic mass is 19.1. The third-order valence-corrected chi connectivity index (χ3v) is 3.32. The fourth-order valence-corrected chi connectivity index (χ4v) is 2.33. The standard InChI is InChI=1S/C16H12FN3/c1-11-14-3-2-4-15(17)16(14)20(19-11)10-13-7-5-12(9-18)6-8-13/h2-8H,10H2,1H3. The summed E-state index contributed by atoms with van der Waals surface area (Å²) >= 11 is 0. The van der Waals surface area contributed by atoms with Crippen LogP contribution < -0.4 is 0 Å². The van der Waals surface area contributed by atoms with Crippen molar-refractivity contribution in [2.45, 2.75) is 13.5 Å².